The average molecular weight is 381 g/mol. The fraction of sp³-hybridized carbons (Fsp3) is 0.250. The Balaban J connectivity index is 1.51. The van der Waals surface area contributed by atoms with Crippen LogP contribution in [0.25, 0.3) is 0 Å². The van der Waals surface area contributed by atoms with Gasteiger partial charge in [0.1, 0.15) is 12.4 Å². The van der Waals surface area contributed by atoms with Crippen molar-refractivity contribution >= 4 is 28.6 Å². The monoisotopic (exact) mass is 381 g/mol. The van der Waals surface area contributed by atoms with Gasteiger partial charge in [-0.25, -0.2) is 0 Å². The van der Waals surface area contributed by atoms with E-state index < -0.39 is 0 Å². The van der Waals surface area contributed by atoms with Crippen LogP contribution in [0.4, 0.5) is 10.5 Å². The Morgan fingerprint density at radius 2 is 2.11 bits per heavy atom. The van der Waals surface area contributed by atoms with E-state index in [0.29, 0.717) is 36.7 Å². The first kappa shape index (κ1) is 18.8. The number of carbonyl (C=O) groups is 2. The lowest BCUT2D eigenvalue weighted by atomic mass is 10.1. The van der Waals surface area contributed by atoms with Crippen molar-refractivity contribution in [3.63, 3.8) is 0 Å². The molecule has 3 rings (SSSR count). The number of hydrogen-bond donors (Lipinski definition) is 1. The van der Waals surface area contributed by atoms with Crippen molar-refractivity contribution in [3.8, 4) is 11.8 Å². The zero-order valence-corrected chi connectivity index (χ0v) is 15.5. The van der Waals surface area contributed by atoms with E-state index in [0.717, 1.165) is 11.3 Å². The van der Waals surface area contributed by atoms with Crippen molar-refractivity contribution in [2.75, 3.05) is 24.2 Å². The minimum atomic E-state index is -0.140. The third kappa shape index (κ3) is 5.50. The summed E-state index contributed by atoms with van der Waals surface area (Å²) in [6, 6.07) is 16.5. The Hall–Kier alpha value is -2.98. The van der Waals surface area contributed by atoms with Gasteiger partial charge in [0.15, 0.2) is 0 Å². The topological polar surface area (TPSA) is 82.4 Å². The molecule has 2 aromatic rings. The molecule has 1 aliphatic heterocycles. The fourth-order valence-corrected chi connectivity index (χ4v) is 3.50. The first-order chi connectivity index (χ1) is 13.1. The van der Waals surface area contributed by atoms with E-state index >= 15 is 0 Å². The molecule has 6 nitrogen and oxygen atoms in total. The van der Waals surface area contributed by atoms with Crippen molar-refractivity contribution in [3.05, 3.63) is 59.7 Å². The molecule has 1 heterocycles. The second-order valence-electron chi connectivity index (χ2n) is 6.03. The minimum absolute atomic E-state index is 0.0404. The average Bonchev–Trinajstić information content (AvgIpc) is 3.10. The number of nitriles is 1. The van der Waals surface area contributed by atoms with Gasteiger partial charge in [-0.2, -0.15) is 5.26 Å². The van der Waals surface area contributed by atoms with Gasteiger partial charge in [0.05, 0.1) is 11.6 Å². The number of thioether (sulfide) groups is 1. The smallest absolute Gasteiger partial charge is 0.281 e. The Labute approximate surface area is 162 Å². The van der Waals surface area contributed by atoms with Crippen LogP contribution in [0.15, 0.2) is 48.5 Å². The van der Waals surface area contributed by atoms with Gasteiger partial charge >= 0.3 is 0 Å². The molecule has 1 saturated heterocycles. The van der Waals surface area contributed by atoms with Gasteiger partial charge in [-0.15, -0.1) is 0 Å². The zero-order valence-electron chi connectivity index (χ0n) is 14.7. The highest BCUT2D eigenvalue weighted by molar-refractivity contribution is 8.13. The summed E-state index contributed by atoms with van der Waals surface area (Å²) >= 11 is 1.29. The standard InChI is InChI=1S/C20H19N3O3S/c21-13-15-3-1-4-16(11-15)14-26-18-6-2-5-17(12-18)22-19(24)7-8-23-9-10-27-20(23)25/h1-6,11-12H,7-10,14H2,(H,22,24). The molecular formula is C20H19N3O3S. The van der Waals surface area contributed by atoms with Gasteiger partial charge < -0.3 is 15.0 Å². The molecule has 1 N–H and O–H groups in total. The fourth-order valence-electron chi connectivity index (χ4n) is 2.65. The molecule has 1 aliphatic rings. The summed E-state index contributed by atoms with van der Waals surface area (Å²) < 4.78 is 5.75. The molecule has 0 atom stereocenters. The van der Waals surface area contributed by atoms with E-state index in [9.17, 15) is 9.59 Å². The Bertz CT molecular complexity index is 879. The van der Waals surface area contributed by atoms with Gasteiger partial charge in [0, 0.05) is 37.0 Å². The number of rotatable bonds is 7. The minimum Gasteiger partial charge on any atom is -0.489 e. The van der Waals surface area contributed by atoms with E-state index in [2.05, 4.69) is 11.4 Å². The number of carbonyl (C=O) groups excluding carboxylic acids is 2. The lowest BCUT2D eigenvalue weighted by molar-refractivity contribution is -0.116. The highest BCUT2D eigenvalue weighted by Gasteiger charge is 2.21. The van der Waals surface area contributed by atoms with Crippen LogP contribution in [-0.2, 0) is 11.4 Å². The molecule has 0 aliphatic carbocycles. The summed E-state index contributed by atoms with van der Waals surface area (Å²) in [5.74, 6) is 1.27. The SMILES string of the molecule is N#Cc1cccc(COc2cccc(NC(=O)CCN3CCSC3=O)c2)c1. The van der Waals surface area contributed by atoms with Gasteiger partial charge in [-0.05, 0) is 29.8 Å². The largest absolute Gasteiger partial charge is 0.489 e. The Kier molecular flexibility index (Phi) is 6.34. The van der Waals surface area contributed by atoms with E-state index in [1.807, 2.05) is 18.2 Å². The molecular weight excluding hydrogens is 362 g/mol. The molecule has 2 aromatic carbocycles. The summed E-state index contributed by atoms with van der Waals surface area (Å²) in [5.41, 5.74) is 2.13. The van der Waals surface area contributed by atoms with Crippen molar-refractivity contribution in [1.29, 1.82) is 5.26 Å². The zero-order chi connectivity index (χ0) is 19.1. The molecule has 1 fully saturated rings. The molecule has 2 amide bonds. The second kappa shape index (κ2) is 9.10. The van der Waals surface area contributed by atoms with E-state index in [-0.39, 0.29) is 17.6 Å². The Morgan fingerprint density at radius 3 is 2.89 bits per heavy atom. The molecule has 0 spiro atoms. The van der Waals surface area contributed by atoms with E-state index in [1.165, 1.54) is 11.8 Å². The predicted octanol–water partition coefficient (Wildman–Crippen LogP) is 3.63. The molecule has 0 aromatic heterocycles. The number of hydrogen-bond acceptors (Lipinski definition) is 5. The molecule has 7 heteroatoms. The number of nitrogens with zero attached hydrogens (tertiary/aromatic N) is 2. The maximum Gasteiger partial charge on any atom is 0.281 e. The van der Waals surface area contributed by atoms with Crippen LogP contribution < -0.4 is 10.1 Å². The number of nitrogens with one attached hydrogen (secondary N) is 1. The molecule has 0 unspecified atom stereocenters. The molecule has 0 radical (unpaired) electrons. The summed E-state index contributed by atoms with van der Waals surface area (Å²) in [7, 11) is 0. The first-order valence-electron chi connectivity index (χ1n) is 8.57. The quantitative estimate of drug-likeness (QED) is 0.792. The van der Waals surface area contributed by atoms with E-state index in [1.54, 1.807) is 35.2 Å². The van der Waals surface area contributed by atoms with Crippen LogP contribution in [0.5, 0.6) is 5.75 Å². The number of benzene rings is 2. The molecule has 0 saturated carbocycles. The van der Waals surface area contributed by atoms with Gasteiger partial charge in [-0.1, -0.05) is 30.0 Å². The van der Waals surface area contributed by atoms with Crippen LogP contribution in [0, 0.1) is 11.3 Å². The molecule has 27 heavy (non-hydrogen) atoms. The third-order valence-corrected chi connectivity index (χ3v) is 4.92. The molecule has 0 bridgehead atoms. The predicted molar refractivity (Wildman–Crippen MR) is 105 cm³/mol. The van der Waals surface area contributed by atoms with Crippen molar-refractivity contribution in [2.45, 2.75) is 13.0 Å². The maximum absolute atomic E-state index is 12.1. The normalized spacial score (nSPS) is 13.3. The summed E-state index contributed by atoms with van der Waals surface area (Å²) in [6.07, 6.45) is 0.262. The highest BCUT2D eigenvalue weighted by Crippen LogP contribution is 2.20. The summed E-state index contributed by atoms with van der Waals surface area (Å²) in [4.78, 5) is 25.3. The van der Waals surface area contributed by atoms with Crippen LogP contribution in [-0.4, -0.2) is 34.9 Å². The van der Waals surface area contributed by atoms with Crippen molar-refractivity contribution in [1.82, 2.24) is 4.90 Å². The second-order valence-corrected chi connectivity index (χ2v) is 7.07. The van der Waals surface area contributed by atoms with Crippen LogP contribution in [0.3, 0.4) is 0 Å². The number of anilines is 1. The lowest BCUT2D eigenvalue weighted by Gasteiger charge is -2.14. The summed E-state index contributed by atoms with van der Waals surface area (Å²) in [5, 5.41) is 11.8. The summed E-state index contributed by atoms with van der Waals surface area (Å²) in [6.45, 7) is 1.47. The molecule has 138 valence electrons. The van der Waals surface area contributed by atoms with Crippen molar-refractivity contribution < 1.29 is 14.3 Å². The first-order valence-corrected chi connectivity index (χ1v) is 9.56. The van der Waals surface area contributed by atoms with Crippen LogP contribution in [0.1, 0.15) is 17.5 Å². The number of ether oxygens (including phenoxy) is 1. The third-order valence-electron chi connectivity index (χ3n) is 4.03. The van der Waals surface area contributed by atoms with Crippen molar-refractivity contribution in [2.24, 2.45) is 0 Å². The Morgan fingerprint density at radius 1 is 1.26 bits per heavy atom. The van der Waals surface area contributed by atoms with E-state index in [4.69, 9.17) is 10.00 Å². The van der Waals surface area contributed by atoms with Gasteiger partial charge in [0.2, 0.25) is 5.91 Å². The highest BCUT2D eigenvalue weighted by atomic mass is 32.2. The van der Waals surface area contributed by atoms with Crippen LogP contribution in [0.2, 0.25) is 0 Å². The number of amides is 2. The lowest BCUT2D eigenvalue weighted by Crippen LogP contribution is -2.27. The van der Waals surface area contributed by atoms with Gasteiger partial charge in [0.25, 0.3) is 5.24 Å². The maximum atomic E-state index is 12.1. The van der Waals surface area contributed by atoms with Gasteiger partial charge in [-0.3, -0.25) is 9.59 Å². The van der Waals surface area contributed by atoms with Crippen LogP contribution >= 0.6 is 11.8 Å².